The van der Waals surface area contributed by atoms with Crippen LogP contribution in [0.25, 0.3) is 0 Å². The lowest BCUT2D eigenvalue weighted by Crippen LogP contribution is -2.16. The Bertz CT molecular complexity index is 629. The van der Waals surface area contributed by atoms with Gasteiger partial charge in [0.05, 0.1) is 0 Å². The molecule has 0 aliphatic heterocycles. The minimum Gasteiger partial charge on any atom is -0.373 e. The molecule has 0 aliphatic carbocycles. The van der Waals surface area contributed by atoms with Crippen LogP contribution in [0.1, 0.15) is 29.4 Å². The Morgan fingerprint density at radius 1 is 1.05 bits per heavy atom. The van der Waals surface area contributed by atoms with E-state index in [-0.39, 0.29) is 0 Å². The molecule has 0 aliphatic rings. The van der Waals surface area contributed by atoms with E-state index in [2.05, 4.69) is 68.1 Å². The van der Waals surface area contributed by atoms with Crippen molar-refractivity contribution in [3.8, 4) is 0 Å². The van der Waals surface area contributed by atoms with Crippen LogP contribution >= 0.6 is 0 Å². The summed E-state index contributed by atoms with van der Waals surface area (Å²) in [5.41, 5.74) is 4.73. The molecule has 1 aromatic heterocycles. The Balaban J connectivity index is 2.54. The van der Waals surface area contributed by atoms with Gasteiger partial charge in [-0.3, -0.25) is 0 Å². The molecule has 1 N–H and O–H groups in total. The van der Waals surface area contributed by atoms with Gasteiger partial charge in [0.1, 0.15) is 17.5 Å². The highest BCUT2D eigenvalue weighted by atomic mass is 15.2. The first-order valence-electron chi connectivity index (χ1n) is 7.33. The molecule has 0 atom stereocenters. The van der Waals surface area contributed by atoms with Crippen molar-refractivity contribution in [2.45, 2.75) is 34.1 Å². The van der Waals surface area contributed by atoms with E-state index in [1.807, 2.05) is 7.05 Å². The molecular formula is C17H24N4. The molecule has 1 aromatic carbocycles. The molecule has 0 unspecified atom stereocenters. The van der Waals surface area contributed by atoms with E-state index in [9.17, 15) is 0 Å². The lowest BCUT2D eigenvalue weighted by Gasteiger charge is -2.23. The van der Waals surface area contributed by atoms with E-state index in [0.717, 1.165) is 35.1 Å². The fourth-order valence-electron chi connectivity index (χ4n) is 2.54. The van der Waals surface area contributed by atoms with Gasteiger partial charge < -0.3 is 10.2 Å². The molecule has 21 heavy (non-hydrogen) atoms. The van der Waals surface area contributed by atoms with Gasteiger partial charge in [0.2, 0.25) is 0 Å². The van der Waals surface area contributed by atoms with E-state index in [0.29, 0.717) is 0 Å². The Labute approximate surface area is 127 Å². The summed E-state index contributed by atoms with van der Waals surface area (Å²) in [6.45, 7) is 8.37. The number of aryl methyl sites for hydroxylation is 3. The molecule has 0 bridgehead atoms. The van der Waals surface area contributed by atoms with E-state index in [4.69, 9.17) is 4.98 Å². The highest BCUT2D eigenvalue weighted by Crippen LogP contribution is 2.29. The Hall–Kier alpha value is -2.10. The van der Waals surface area contributed by atoms with Crippen LogP contribution in [0, 0.1) is 20.8 Å². The largest absolute Gasteiger partial charge is 0.373 e. The maximum absolute atomic E-state index is 4.71. The third-order valence-electron chi connectivity index (χ3n) is 3.63. The van der Waals surface area contributed by atoms with E-state index in [1.165, 1.54) is 11.1 Å². The lowest BCUT2D eigenvalue weighted by atomic mass is 10.1. The fraction of sp³-hybridized carbons (Fsp3) is 0.412. The van der Waals surface area contributed by atoms with Crippen LogP contribution < -0.4 is 10.2 Å². The van der Waals surface area contributed by atoms with Crippen LogP contribution in [0.4, 0.5) is 17.3 Å². The van der Waals surface area contributed by atoms with Gasteiger partial charge in [0.15, 0.2) is 0 Å². The first-order chi connectivity index (χ1) is 9.96. The monoisotopic (exact) mass is 284 g/mol. The maximum Gasteiger partial charge on any atom is 0.141 e. The van der Waals surface area contributed by atoms with Crippen molar-refractivity contribution in [1.82, 2.24) is 9.97 Å². The number of anilines is 3. The summed E-state index contributed by atoms with van der Waals surface area (Å²) in [7, 11) is 3.96. The number of nitrogens with one attached hydrogen (secondary N) is 1. The summed E-state index contributed by atoms with van der Waals surface area (Å²) >= 11 is 0. The number of benzene rings is 1. The summed E-state index contributed by atoms with van der Waals surface area (Å²) in [6, 6.07) is 6.54. The number of hydrogen-bond donors (Lipinski definition) is 1. The van der Waals surface area contributed by atoms with E-state index in [1.54, 1.807) is 0 Å². The van der Waals surface area contributed by atoms with Gasteiger partial charge >= 0.3 is 0 Å². The van der Waals surface area contributed by atoms with Crippen LogP contribution in [-0.4, -0.2) is 24.1 Å². The average Bonchev–Trinajstić information content (AvgIpc) is 2.45. The second-order valence-corrected chi connectivity index (χ2v) is 5.45. The third kappa shape index (κ3) is 3.15. The topological polar surface area (TPSA) is 41.1 Å². The first kappa shape index (κ1) is 15.3. The molecule has 0 radical (unpaired) electrons. The summed E-state index contributed by atoms with van der Waals surface area (Å²) in [4.78, 5) is 11.4. The smallest absolute Gasteiger partial charge is 0.141 e. The van der Waals surface area contributed by atoms with Gasteiger partial charge in [-0.05, 0) is 44.0 Å². The molecule has 112 valence electrons. The molecular weight excluding hydrogens is 260 g/mol. The number of aromatic nitrogens is 2. The standard InChI is InChI=1S/C17H24N4/c1-7-15-19-16(18-5)13(4)17(20-15)21(6)14-9-11(2)8-12(3)10-14/h8-10H,7H2,1-6H3,(H,18,19,20). The Morgan fingerprint density at radius 3 is 2.19 bits per heavy atom. The maximum atomic E-state index is 4.71. The zero-order chi connectivity index (χ0) is 15.6. The summed E-state index contributed by atoms with van der Waals surface area (Å²) in [5, 5.41) is 3.16. The van der Waals surface area contributed by atoms with Crippen molar-refractivity contribution in [3.05, 3.63) is 40.7 Å². The summed E-state index contributed by atoms with van der Waals surface area (Å²) in [6.07, 6.45) is 0.822. The number of nitrogens with zero attached hydrogens (tertiary/aromatic N) is 3. The average molecular weight is 284 g/mol. The van der Waals surface area contributed by atoms with Crippen molar-refractivity contribution in [2.24, 2.45) is 0 Å². The molecule has 0 saturated heterocycles. The number of rotatable bonds is 4. The van der Waals surface area contributed by atoms with Crippen LogP contribution in [0.5, 0.6) is 0 Å². The van der Waals surface area contributed by atoms with Gasteiger partial charge in [-0.15, -0.1) is 0 Å². The van der Waals surface area contributed by atoms with Gasteiger partial charge in [-0.2, -0.15) is 0 Å². The minimum atomic E-state index is 0.822. The first-order valence-corrected chi connectivity index (χ1v) is 7.33. The Morgan fingerprint density at radius 2 is 1.67 bits per heavy atom. The molecule has 4 nitrogen and oxygen atoms in total. The second kappa shape index (κ2) is 6.12. The normalized spacial score (nSPS) is 10.6. The zero-order valence-electron chi connectivity index (χ0n) is 13.8. The minimum absolute atomic E-state index is 0.822. The molecule has 0 amide bonds. The van der Waals surface area contributed by atoms with E-state index < -0.39 is 0 Å². The molecule has 4 heteroatoms. The van der Waals surface area contributed by atoms with Crippen molar-refractivity contribution in [3.63, 3.8) is 0 Å². The predicted octanol–water partition coefficient (Wildman–Crippen LogP) is 3.77. The van der Waals surface area contributed by atoms with Gasteiger partial charge in [-0.1, -0.05) is 13.0 Å². The highest BCUT2D eigenvalue weighted by molar-refractivity contribution is 5.67. The summed E-state index contributed by atoms with van der Waals surface area (Å²) < 4.78 is 0. The van der Waals surface area contributed by atoms with Gasteiger partial charge in [-0.25, -0.2) is 9.97 Å². The molecule has 1 heterocycles. The number of hydrogen-bond acceptors (Lipinski definition) is 4. The third-order valence-corrected chi connectivity index (χ3v) is 3.63. The van der Waals surface area contributed by atoms with Crippen molar-refractivity contribution >= 4 is 17.3 Å². The quantitative estimate of drug-likeness (QED) is 0.927. The van der Waals surface area contributed by atoms with Gasteiger partial charge in [0, 0.05) is 31.8 Å². The molecule has 0 saturated carbocycles. The fourth-order valence-corrected chi connectivity index (χ4v) is 2.54. The zero-order valence-corrected chi connectivity index (χ0v) is 13.8. The van der Waals surface area contributed by atoms with Gasteiger partial charge in [0.25, 0.3) is 0 Å². The van der Waals surface area contributed by atoms with Crippen LogP contribution in [0.2, 0.25) is 0 Å². The SMILES string of the molecule is CCc1nc(NC)c(C)c(N(C)c2cc(C)cc(C)c2)n1. The van der Waals surface area contributed by atoms with Crippen LogP contribution in [-0.2, 0) is 6.42 Å². The van der Waals surface area contributed by atoms with E-state index >= 15 is 0 Å². The Kier molecular flexibility index (Phi) is 4.46. The summed E-state index contributed by atoms with van der Waals surface area (Å²) in [5.74, 6) is 2.71. The predicted molar refractivity (Wildman–Crippen MR) is 89.7 cm³/mol. The van der Waals surface area contributed by atoms with Crippen LogP contribution in [0.15, 0.2) is 18.2 Å². The molecule has 0 fully saturated rings. The van der Waals surface area contributed by atoms with Crippen molar-refractivity contribution in [1.29, 1.82) is 0 Å². The van der Waals surface area contributed by atoms with Crippen LogP contribution in [0.3, 0.4) is 0 Å². The highest BCUT2D eigenvalue weighted by Gasteiger charge is 2.14. The molecule has 2 rings (SSSR count). The van der Waals surface area contributed by atoms with Crippen molar-refractivity contribution in [2.75, 3.05) is 24.3 Å². The second-order valence-electron chi connectivity index (χ2n) is 5.45. The molecule has 2 aromatic rings. The lowest BCUT2D eigenvalue weighted by molar-refractivity contribution is 0.916. The van der Waals surface area contributed by atoms with Crippen molar-refractivity contribution < 1.29 is 0 Å². The molecule has 0 spiro atoms.